The van der Waals surface area contributed by atoms with Crippen LogP contribution in [0, 0.1) is 11.6 Å². The fraction of sp³-hybridized carbons (Fsp3) is 0.0769. The first-order valence-electron chi connectivity index (χ1n) is 5.46. The van der Waals surface area contributed by atoms with Crippen molar-refractivity contribution in [2.24, 2.45) is 0 Å². The van der Waals surface area contributed by atoms with Crippen molar-refractivity contribution < 1.29 is 17.2 Å². The summed E-state index contributed by atoms with van der Waals surface area (Å²) in [6.07, 6.45) is 0. The van der Waals surface area contributed by atoms with Gasteiger partial charge in [-0.15, -0.1) is 0 Å². The van der Waals surface area contributed by atoms with Gasteiger partial charge in [-0.25, -0.2) is 17.2 Å². The topological polar surface area (TPSA) is 46.2 Å². The third-order valence-corrected chi connectivity index (χ3v) is 3.66. The average molecular weight is 283 g/mol. The van der Waals surface area contributed by atoms with Gasteiger partial charge in [-0.2, -0.15) is 0 Å². The number of hydrogen-bond donors (Lipinski definition) is 1. The molecule has 100 valence electrons. The summed E-state index contributed by atoms with van der Waals surface area (Å²) in [6, 6.07) is 10.5. The van der Waals surface area contributed by atoms with Crippen molar-refractivity contribution in [1.82, 2.24) is 0 Å². The van der Waals surface area contributed by atoms with Crippen LogP contribution in [-0.4, -0.2) is 8.42 Å². The van der Waals surface area contributed by atoms with Crippen LogP contribution in [-0.2, 0) is 15.8 Å². The standard InChI is InChI=1S/C13H11F2NO2S/c14-11-5-7-12(8-6-11)16-19(17,18)9-10-3-1-2-4-13(10)15/h1-8,16H,9H2. The minimum Gasteiger partial charge on any atom is -0.283 e. The molecule has 0 saturated heterocycles. The smallest absolute Gasteiger partial charge is 0.237 e. The molecule has 0 aromatic heterocycles. The number of halogens is 2. The van der Waals surface area contributed by atoms with Crippen LogP contribution in [0.2, 0.25) is 0 Å². The molecular weight excluding hydrogens is 272 g/mol. The van der Waals surface area contributed by atoms with Gasteiger partial charge in [0.05, 0.1) is 5.75 Å². The summed E-state index contributed by atoms with van der Waals surface area (Å²) < 4.78 is 52.0. The van der Waals surface area contributed by atoms with E-state index in [1.165, 1.54) is 30.3 Å². The zero-order valence-corrected chi connectivity index (χ0v) is 10.6. The second-order valence-electron chi connectivity index (χ2n) is 3.96. The van der Waals surface area contributed by atoms with Gasteiger partial charge in [0.15, 0.2) is 0 Å². The van der Waals surface area contributed by atoms with Crippen LogP contribution in [0.5, 0.6) is 0 Å². The molecule has 6 heteroatoms. The molecule has 0 saturated carbocycles. The predicted molar refractivity (Wildman–Crippen MR) is 69.0 cm³/mol. The van der Waals surface area contributed by atoms with Crippen LogP contribution in [0.15, 0.2) is 48.5 Å². The molecule has 0 bridgehead atoms. The normalized spacial score (nSPS) is 11.3. The van der Waals surface area contributed by atoms with Gasteiger partial charge in [-0.3, -0.25) is 4.72 Å². The van der Waals surface area contributed by atoms with Gasteiger partial charge in [0.1, 0.15) is 11.6 Å². The van der Waals surface area contributed by atoms with E-state index in [4.69, 9.17) is 0 Å². The molecule has 0 aliphatic heterocycles. The van der Waals surface area contributed by atoms with Gasteiger partial charge in [0.25, 0.3) is 0 Å². The van der Waals surface area contributed by atoms with E-state index in [1.54, 1.807) is 6.07 Å². The van der Waals surface area contributed by atoms with E-state index >= 15 is 0 Å². The summed E-state index contributed by atoms with van der Waals surface area (Å²) in [6.45, 7) is 0. The summed E-state index contributed by atoms with van der Waals surface area (Å²) in [4.78, 5) is 0. The number of nitrogens with one attached hydrogen (secondary N) is 1. The zero-order chi connectivity index (χ0) is 13.9. The maximum Gasteiger partial charge on any atom is 0.237 e. The Bertz CT molecular complexity index is 669. The SMILES string of the molecule is O=S(=O)(Cc1ccccc1F)Nc1ccc(F)cc1. The Morgan fingerprint density at radius 1 is 0.947 bits per heavy atom. The summed E-state index contributed by atoms with van der Waals surface area (Å²) in [5, 5.41) is 0. The number of benzene rings is 2. The Kier molecular flexibility index (Phi) is 3.80. The lowest BCUT2D eigenvalue weighted by Gasteiger charge is -2.08. The molecule has 0 radical (unpaired) electrons. The maximum absolute atomic E-state index is 13.4. The molecule has 0 atom stereocenters. The van der Waals surface area contributed by atoms with Gasteiger partial charge in [-0.05, 0) is 30.3 Å². The predicted octanol–water partition coefficient (Wildman–Crippen LogP) is 2.91. The Morgan fingerprint density at radius 3 is 2.21 bits per heavy atom. The fourth-order valence-electron chi connectivity index (χ4n) is 1.55. The van der Waals surface area contributed by atoms with Crippen molar-refractivity contribution in [2.45, 2.75) is 5.75 Å². The molecule has 0 amide bonds. The van der Waals surface area contributed by atoms with Gasteiger partial charge >= 0.3 is 0 Å². The molecule has 0 aliphatic carbocycles. The summed E-state index contributed by atoms with van der Waals surface area (Å²) in [5.74, 6) is -1.51. The van der Waals surface area contributed by atoms with E-state index in [-0.39, 0.29) is 11.3 Å². The third kappa shape index (κ3) is 3.75. The first kappa shape index (κ1) is 13.5. The largest absolute Gasteiger partial charge is 0.283 e. The summed E-state index contributed by atoms with van der Waals surface area (Å²) in [5.41, 5.74) is 0.315. The minimum absolute atomic E-state index is 0.0807. The van der Waals surface area contributed by atoms with E-state index in [0.29, 0.717) is 0 Å². The lowest BCUT2D eigenvalue weighted by atomic mass is 10.2. The van der Waals surface area contributed by atoms with E-state index in [0.717, 1.165) is 12.1 Å². The molecule has 2 aromatic carbocycles. The number of anilines is 1. The van der Waals surface area contributed by atoms with Crippen LogP contribution >= 0.6 is 0 Å². The molecule has 2 aromatic rings. The monoisotopic (exact) mass is 283 g/mol. The van der Waals surface area contributed by atoms with E-state index in [1.807, 2.05) is 0 Å². The highest BCUT2D eigenvalue weighted by molar-refractivity contribution is 7.91. The second kappa shape index (κ2) is 5.36. The summed E-state index contributed by atoms with van der Waals surface area (Å²) >= 11 is 0. The van der Waals surface area contributed by atoms with Gasteiger partial charge in [0, 0.05) is 11.3 Å². The van der Waals surface area contributed by atoms with Crippen molar-refractivity contribution in [1.29, 1.82) is 0 Å². The van der Waals surface area contributed by atoms with E-state index < -0.39 is 27.4 Å². The van der Waals surface area contributed by atoms with Crippen LogP contribution in [0.4, 0.5) is 14.5 Å². The number of rotatable bonds is 4. The maximum atomic E-state index is 13.4. The number of hydrogen-bond acceptors (Lipinski definition) is 2. The molecule has 0 spiro atoms. The van der Waals surface area contributed by atoms with Crippen molar-refractivity contribution in [3.05, 3.63) is 65.7 Å². The van der Waals surface area contributed by atoms with Crippen molar-refractivity contribution in [2.75, 3.05) is 4.72 Å². The van der Waals surface area contributed by atoms with Crippen molar-refractivity contribution in [3.8, 4) is 0 Å². The van der Waals surface area contributed by atoms with Gasteiger partial charge < -0.3 is 0 Å². The molecule has 3 nitrogen and oxygen atoms in total. The Balaban J connectivity index is 2.15. The fourth-order valence-corrected chi connectivity index (χ4v) is 2.76. The molecule has 0 heterocycles. The lowest BCUT2D eigenvalue weighted by molar-refractivity contribution is 0.591. The van der Waals surface area contributed by atoms with Gasteiger partial charge in [0.2, 0.25) is 10.0 Å². The molecule has 0 fully saturated rings. The first-order valence-corrected chi connectivity index (χ1v) is 7.11. The molecule has 1 N–H and O–H groups in total. The molecule has 0 aliphatic rings. The highest BCUT2D eigenvalue weighted by Crippen LogP contribution is 2.15. The van der Waals surface area contributed by atoms with Crippen molar-refractivity contribution >= 4 is 15.7 Å². The highest BCUT2D eigenvalue weighted by atomic mass is 32.2. The summed E-state index contributed by atoms with van der Waals surface area (Å²) in [7, 11) is -3.74. The zero-order valence-electron chi connectivity index (χ0n) is 9.81. The van der Waals surface area contributed by atoms with Gasteiger partial charge in [-0.1, -0.05) is 18.2 Å². The van der Waals surface area contributed by atoms with Crippen LogP contribution in [0.25, 0.3) is 0 Å². The Morgan fingerprint density at radius 2 is 1.58 bits per heavy atom. The Labute approximate surface area is 109 Å². The molecular formula is C13H11F2NO2S. The highest BCUT2D eigenvalue weighted by Gasteiger charge is 2.14. The first-order chi connectivity index (χ1) is 8.96. The average Bonchev–Trinajstić information content (AvgIpc) is 2.35. The van der Waals surface area contributed by atoms with Crippen LogP contribution in [0.3, 0.4) is 0 Å². The van der Waals surface area contributed by atoms with E-state index in [2.05, 4.69) is 4.72 Å². The van der Waals surface area contributed by atoms with Crippen LogP contribution < -0.4 is 4.72 Å². The quantitative estimate of drug-likeness (QED) is 0.937. The lowest BCUT2D eigenvalue weighted by Crippen LogP contribution is -2.15. The minimum atomic E-state index is -3.74. The molecule has 0 unspecified atom stereocenters. The van der Waals surface area contributed by atoms with Crippen LogP contribution in [0.1, 0.15) is 5.56 Å². The van der Waals surface area contributed by atoms with E-state index in [9.17, 15) is 17.2 Å². The third-order valence-electron chi connectivity index (χ3n) is 2.42. The molecule has 2 rings (SSSR count). The molecule has 19 heavy (non-hydrogen) atoms. The second-order valence-corrected chi connectivity index (χ2v) is 5.68. The Hall–Kier alpha value is -1.95. The number of sulfonamides is 1. The van der Waals surface area contributed by atoms with Crippen molar-refractivity contribution in [3.63, 3.8) is 0 Å².